The maximum absolute atomic E-state index is 13.4. The van der Waals surface area contributed by atoms with Gasteiger partial charge < -0.3 is 5.32 Å². The van der Waals surface area contributed by atoms with Crippen LogP contribution < -0.4 is 10.0 Å². The van der Waals surface area contributed by atoms with Crippen LogP contribution in [0, 0.1) is 27.7 Å². The largest absolute Gasteiger partial charge is 0.341 e. The van der Waals surface area contributed by atoms with Crippen LogP contribution in [0.3, 0.4) is 0 Å². The Morgan fingerprint density at radius 1 is 0.694 bits per heavy atom. The first-order valence-corrected chi connectivity index (χ1v) is 13.3. The van der Waals surface area contributed by atoms with Gasteiger partial charge in [-0.3, -0.25) is 9.52 Å². The Morgan fingerprint density at radius 2 is 1.36 bits per heavy atom. The molecule has 1 amide bonds. The van der Waals surface area contributed by atoms with Gasteiger partial charge in [-0.15, -0.1) is 0 Å². The summed E-state index contributed by atoms with van der Waals surface area (Å²) >= 11 is 0. The van der Waals surface area contributed by atoms with E-state index in [2.05, 4.69) is 10.0 Å². The summed E-state index contributed by atoms with van der Waals surface area (Å²) in [6.45, 7) is 7.63. The number of aryl methyl sites for hydroxylation is 4. The van der Waals surface area contributed by atoms with Crippen molar-refractivity contribution in [2.24, 2.45) is 0 Å². The van der Waals surface area contributed by atoms with Gasteiger partial charge in [0.25, 0.3) is 15.9 Å². The number of amides is 1. The molecule has 0 unspecified atom stereocenters. The van der Waals surface area contributed by atoms with Crippen molar-refractivity contribution in [3.8, 4) is 0 Å². The predicted octanol–water partition coefficient (Wildman–Crippen LogP) is 6.24. The Balaban J connectivity index is 1.66. The van der Waals surface area contributed by atoms with E-state index in [-0.39, 0.29) is 22.4 Å². The van der Waals surface area contributed by atoms with Crippen LogP contribution in [0.5, 0.6) is 0 Å². The molecule has 36 heavy (non-hydrogen) atoms. The van der Waals surface area contributed by atoms with E-state index in [0.717, 1.165) is 27.8 Å². The first kappa shape index (κ1) is 25.2. The van der Waals surface area contributed by atoms with Crippen molar-refractivity contribution < 1.29 is 13.2 Å². The van der Waals surface area contributed by atoms with Crippen molar-refractivity contribution in [1.29, 1.82) is 0 Å². The molecule has 0 aliphatic rings. The summed E-state index contributed by atoms with van der Waals surface area (Å²) in [5.74, 6) is -0.352. The van der Waals surface area contributed by atoms with Crippen LogP contribution in [-0.4, -0.2) is 14.3 Å². The second-order valence-electron chi connectivity index (χ2n) is 9.06. The SMILES string of the molecule is Cc1ccc(NS(=O)(=O)c2cc(C(=O)N[C@@H](c3ccccc3)c3ccccc3C)ccc2C)cc1C. The van der Waals surface area contributed by atoms with E-state index in [1.165, 1.54) is 6.07 Å². The zero-order valence-electron chi connectivity index (χ0n) is 20.9. The van der Waals surface area contributed by atoms with Gasteiger partial charge in [0.05, 0.1) is 10.9 Å². The van der Waals surface area contributed by atoms with Crippen LogP contribution in [0.1, 0.15) is 49.8 Å². The smallest absolute Gasteiger partial charge is 0.262 e. The lowest BCUT2D eigenvalue weighted by Gasteiger charge is -2.22. The number of hydrogen-bond acceptors (Lipinski definition) is 3. The van der Waals surface area contributed by atoms with E-state index in [1.54, 1.807) is 31.2 Å². The Hall–Kier alpha value is -3.90. The fraction of sp³-hybridized carbons (Fsp3) is 0.167. The first-order valence-electron chi connectivity index (χ1n) is 11.8. The van der Waals surface area contributed by atoms with Gasteiger partial charge >= 0.3 is 0 Å². The highest BCUT2D eigenvalue weighted by Gasteiger charge is 2.23. The van der Waals surface area contributed by atoms with Gasteiger partial charge in [0.2, 0.25) is 0 Å². The fourth-order valence-corrected chi connectivity index (χ4v) is 5.48. The van der Waals surface area contributed by atoms with Crippen molar-refractivity contribution in [1.82, 2.24) is 5.32 Å². The number of carbonyl (C=O) groups is 1. The number of hydrogen-bond donors (Lipinski definition) is 2. The molecule has 0 saturated heterocycles. The molecule has 0 aliphatic carbocycles. The van der Waals surface area contributed by atoms with Crippen LogP contribution in [0.25, 0.3) is 0 Å². The number of carbonyl (C=O) groups excluding carboxylic acids is 1. The maximum Gasteiger partial charge on any atom is 0.262 e. The Kier molecular flexibility index (Phi) is 7.27. The molecular weight excluding hydrogens is 468 g/mol. The van der Waals surface area contributed by atoms with Gasteiger partial charge in [0, 0.05) is 11.3 Å². The molecule has 1 atom stereocenters. The van der Waals surface area contributed by atoms with E-state index in [4.69, 9.17) is 0 Å². The molecule has 4 aromatic carbocycles. The van der Waals surface area contributed by atoms with Gasteiger partial charge in [0.1, 0.15) is 0 Å². The molecule has 0 aromatic heterocycles. The second kappa shape index (κ2) is 10.4. The average molecular weight is 499 g/mol. The third-order valence-corrected chi connectivity index (χ3v) is 7.93. The van der Waals surface area contributed by atoms with Crippen LogP contribution in [0.2, 0.25) is 0 Å². The van der Waals surface area contributed by atoms with E-state index in [1.807, 2.05) is 81.4 Å². The molecule has 5 nitrogen and oxygen atoms in total. The van der Waals surface area contributed by atoms with Gasteiger partial charge in [-0.25, -0.2) is 8.42 Å². The highest BCUT2D eigenvalue weighted by Crippen LogP contribution is 2.27. The van der Waals surface area contributed by atoms with Gasteiger partial charge in [0.15, 0.2) is 0 Å². The molecule has 6 heteroatoms. The van der Waals surface area contributed by atoms with Gasteiger partial charge in [-0.05, 0) is 85.3 Å². The van der Waals surface area contributed by atoms with Gasteiger partial charge in [-0.1, -0.05) is 66.7 Å². The highest BCUT2D eigenvalue weighted by molar-refractivity contribution is 7.92. The van der Waals surface area contributed by atoms with Crippen LogP contribution in [0.4, 0.5) is 5.69 Å². The molecule has 4 rings (SSSR count). The molecule has 0 bridgehead atoms. The standard InChI is InChI=1S/C30H30N2O3S/c1-20-15-17-26(18-23(20)4)32-36(34,35)28-19-25(16-14-22(28)3)30(33)31-29(24-11-6-5-7-12-24)27-13-9-8-10-21(27)2/h5-19,29,32H,1-4H3,(H,31,33)/t29-/m0/s1. The number of benzene rings is 4. The first-order chi connectivity index (χ1) is 17.2. The normalized spacial score (nSPS) is 12.1. The Labute approximate surface area is 213 Å². The summed E-state index contributed by atoms with van der Waals surface area (Å²) in [5.41, 5.74) is 6.35. The van der Waals surface area contributed by atoms with Gasteiger partial charge in [-0.2, -0.15) is 0 Å². The van der Waals surface area contributed by atoms with Crippen molar-refractivity contribution >= 4 is 21.6 Å². The lowest BCUT2D eigenvalue weighted by atomic mass is 9.94. The molecule has 4 aromatic rings. The summed E-state index contributed by atoms with van der Waals surface area (Å²) in [6, 6.07) is 27.4. The molecule has 184 valence electrons. The van der Waals surface area contributed by atoms with E-state index < -0.39 is 10.0 Å². The van der Waals surface area contributed by atoms with Crippen LogP contribution in [-0.2, 0) is 10.0 Å². The zero-order chi connectivity index (χ0) is 25.9. The fourth-order valence-electron chi connectivity index (χ4n) is 4.16. The minimum Gasteiger partial charge on any atom is -0.341 e. The molecule has 0 aliphatic heterocycles. The van der Waals surface area contributed by atoms with E-state index in [0.29, 0.717) is 11.3 Å². The number of nitrogens with one attached hydrogen (secondary N) is 2. The van der Waals surface area contributed by atoms with Crippen molar-refractivity contribution in [2.75, 3.05) is 4.72 Å². The molecule has 0 saturated carbocycles. The monoisotopic (exact) mass is 498 g/mol. The summed E-state index contributed by atoms with van der Waals surface area (Å²) < 4.78 is 29.2. The highest BCUT2D eigenvalue weighted by atomic mass is 32.2. The third kappa shape index (κ3) is 5.50. The summed E-state index contributed by atoms with van der Waals surface area (Å²) in [7, 11) is -3.90. The maximum atomic E-state index is 13.4. The molecule has 0 fully saturated rings. The number of rotatable bonds is 7. The van der Waals surface area contributed by atoms with Crippen molar-refractivity contribution in [2.45, 2.75) is 38.6 Å². The Morgan fingerprint density at radius 3 is 2.06 bits per heavy atom. The number of anilines is 1. The minimum atomic E-state index is -3.90. The second-order valence-corrected chi connectivity index (χ2v) is 10.7. The van der Waals surface area contributed by atoms with Crippen LogP contribution >= 0.6 is 0 Å². The number of sulfonamides is 1. The van der Waals surface area contributed by atoms with Crippen LogP contribution in [0.15, 0.2) is 95.9 Å². The predicted molar refractivity (Wildman–Crippen MR) is 145 cm³/mol. The van der Waals surface area contributed by atoms with Crippen molar-refractivity contribution in [3.05, 3.63) is 130 Å². The Bertz CT molecular complexity index is 1510. The summed E-state index contributed by atoms with van der Waals surface area (Å²) in [5, 5.41) is 3.11. The molecule has 0 heterocycles. The summed E-state index contributed by atoms with van der Waals surface area (Å²) in [4.78, 5) is 13.5. The minimum absolute atomic E-state index is 0.0699. The molecule has 0 radical (unpaired) electrons. The lowest BCUT2D eigenvalue weighted by Crippen LogP contribution is -2.30. The molecule has 0 spiro atoms. The lowest BCUT2D eigenvalue weighted by molar-refractivity contribution is 0.0942. The molecule has 2 N–H and O–H groups in total. The van der Waals surface area contributed by atoms with E-state index in [9.17, 15) is 13.2 Å². The van der Waals surface area contributed by atoms with E-state index >= 15 is 0 Å². The summed E-state index contributed by atoms with van der Waals surface area (Å²) in [6.07, 6.45) is 0. The van der Waals surface area contributed by atoms with Crippen molar-refractivity contribution in [3.63, 3.8) is 0 Å². The quantitative estimate of drug-likeness (QED) is 0.317. The third-order valence-electron chi connectivity index (χ3n) is 6.41. The average Bonchev–Trinajstić information content (AvgIpc) is 2.86. The zero-order valence-corrected chi connectivity index (χ0v) is 21.7. The topological polar surface area (TPSA) is 75.3 Å². The molecular formula is C30H30N2O3S.